The number of nitrogens with two attached hydrogens (primary N) is 1. The Morgan fingerprint density at radius 3 is 2.10 bits per heavy atom. The number of hydrogen-bond acceptors (Lipinski definition) is 4. The van der Waals surface area contributed by atoms with Crippen LogP contribution < -0.4 is 10.6 Å². The SMILES string of the molecule is NS(=O)(=O)c1ccc(-c2oc3ccccc3c(=O)c2-c2c(Cl)ccc(Cl)c2Cl)cc1. The first kappa shape index (κ1) is 20.9. The second-order valence-electron chi connectivity index (χ2n) is 6.42. The molecule has 2 N–H and O–H groups in total. The van der Waals surface area contributed by atoms with Crippen molar-refractivity contribution in [3.63, 3.8) is 0 Å². The summed E-state index contributed by atoms with van der Waals surface area (Å²) in [5.41, 5.74) is 0.789. The number of fused-ring (bicyclic) bond motifs is 1. The topological polar surface area (TPSA) is 90.4 Å². The molecule has 0 aliphatic rings. The number of para-hydroxylation sites is 1. The van der Waals surface area contributed by atoms with Gasteiger partial charge in [-0.25, -0.2) is 13.6 Å². The molecule has 4 rings (SSSR count). The van der Waals surface area contributed by atoms with E-state index in [-0.39, 0.29) is 42.3 Å². The molecule has 0 amide bonds. The van der Waals surface area contributed by atoms with Gasteiger partial charge >= 0.3 is 0 Å². The van der Waals surface area contributed by atoms with E-state index in [4.69, 9.17) is 44.4 Å². The van der Waals surface area contributed by atoms with Gasteiger partial charge in [-0.15, -0.1) is 0 Å². The van der Waals surface area contributed by atoms with Crippen LogP contribution in [0.1, 0.15) is 0 Å². The normalized spacial score (nSPS) is 11.7. The molecule has 3 aromatic carbocycles. The van der Waals surface area contributed by atoms with Crippen LogP contribution in [-0.4, -0.2) is 8.42 Å². The van der Waals surface area contributed by atoms with Crippen molar-refractivity contribution < 1.29 is 12.8 Å². The molecule has 0 saturated heterocycles. The van der Waals surface area contributed by atoms with E-state index in [0.717, 1.165) is 0 Å². The monoisotopic (exact) mass is 479 g/mol. The predicted octanol–water partition coefficient (Wildman–Crippen LogP) is 5.73. The van der Waals surface area contributed by atoms with Gasteiger partial charge in [0, 0.05) is 11.1 Å². The average molecular weight is 481 g/mol. The number of rotatable bonds is 3. The van der Waals surface area contributed by atoms with Gasteiger partial charge in [0.05, 0.1) is 30.9 Å². The lowest BCUT2D eigenvalue weighted by Crippen LogP contribution is -2.12. The summed E-state index contributed by atoms with van der Waals surface area (Å²) in [4.78, 5) is 13.4. The zero-order valence-corrected chi connectivity index (χ0v) is 18.1. The zero-order chi connectivity index (χ0) is 21.6. The van der Waals surface area contributed by atoms with Crippen LogP contribution in [0.15, 0.2) is 74.8 Å². The minimum absolute atomic E-state index is 0.0743. The molecule has 5 nitrogen and oxygen atoms in total. The Hall–Kier alpha value is -2.35. The third-order valence-corrected chi connectivity index (χ3v) is 6.59. The lowest BCUT2D eigenvalue weighted by atomic mass is 9.98. The standard InChI is InChI=1S/C21H12Cl3NO4S/c22-14-9-10-15(23)19(24)17(14)18-20(26)13-3-1-2-4-16(13)29-21(18)11-5-7-12(8-6-11)30(25,27)28/h1-10H,(H2,25,27,28). The van der Waals surface area contributed by atoms with Gasteiger partial charge in [-0.05, 0) is 48.5 Å². The Labute approximate surface area is 186 Å². The molecular formula is C21H12Cl3NO4S. The molecule has 0 radical (unpaired) electrons. The lowest BCUT2D eigenvalue weighted by Gasteiger charge is -2.14. The third kappa shape index (κ3) is 3.62. The van der Waals surface area contributed by atoms with Crippen LogP contribution >= 0.6 is 34.8 Å². The number of benzene rings is 3. The first-order valence-corrected chi connectivity index (χ1v) is 11.2. The van der Waals surface area contributed by atoms with E-state index in [1.165, 1.54) is 36.4 Å². The fraction of sp³-hybridized carbons (Fsp3) is 0. The van der Waals surface area contributed by atoms with Crippen LogP contribution in [-0.2, 0) is 10.0 Å². The zero-order valence-electron chi connectivity index (χ0n) is 15.0. The highest BCUT2D eigenvalue weighted by molar-refractivity contribution is 7.89. The summed E-state index contributed by atoms with van der Waals surface area (Å²) in [6, 6.07) is 15.4. The highest BCUT2D eigenvalue weighted by Crippen LogP contribution is 2.42. The van der Waals surface area contributed by atoms with Gasteiger partial charge in [-0.1, -0.05) is 46.9 Å². The van der Waals surface area contributed by atoms with E-state index >= 15 is 0 Å². The molecule has 30 heavy (non-hydrogen) atoms. The summed E-state index contributed by atoms with van der Waals surface area (Å²) in [7, 11) is -3.88. The van der Waals surface area contributed by atoms with Crippen LogP contribution in [0.3, 0.4) is 0 Å². The fourth-order valence-electron chi connectivity index (χ4n) is 3.12. The van der Waals surface area contributed by atoms with E-state index in [2.05, 4.69) is 0 Å². The van der Waals surface area contributed by atoms with Crippen molar-refractivity contribution in [3.05, 3.63) is 86.0 Å². The van der Waals surface area contributed by atoms with Crippen LogP contribution in [0.4, 0.5) is 0 Å². The molecule has 0 unspecified atom stereocenters. The summed E-state index contributed by atoms with van der Waals surface area (Å²) < 4.78 is 29.2. The van der Waals surface area contributed by atoms with Crippen molar-refractivity contribution in [1.29, 1.82) is 0 Å². The highest BCUT2D eigenvalue weighted by atomic mass is 35.5. The van der Waals surface area contributed by atoms with Gasteiger partial charge in [0.15, 0.2) is 0 Å². The smallest absolute Gasteiger partial charge is 0.238 e. The quantitative estimate of drug-likeness (QED) is 0.379. The molecule has 0 aliphatic carbocycles. The van der Waals surface area contributed by atoms with E-state index in [0.29, 0.717) is 16.5 Å². The van der Waals surface area contributed by atoms with Gasteiger partial charge in [0.1, 0.15) is 11.3 Å². The molecule has 1 heterocycles. The largest absolute Gasteiger partial charge is 0.455 e. The van der Waals surface area contributed by atoms with Crippen molar-refractivity contribution in [2.75, 3.05) is 0 Å². The number of primary sulfonamides is 1. The number of hydrogen-bond donors (Lipinski definition) is 1. The minimum atomic E-state index is -3.88. The maximum Gasteiger partial charge on any atom is 0.238 e. The van der Waals surface area contributed by atoms with Crippen molar-refractivity contribution in [1.82, 2.24) is 0 Å². The Morgan fingerprint density at radius 1 is 0.800 bits per heavy atom. The van der Waals surface area contributed by atoms with Crippen molar-refractivity contribution >= 4 is 55.8 Å². The first-order chi connectivity index (χ1) is 14.2. The summed E-state index contributed by atoms with van der Waals surface area (Å²) in [6.45, 7) is 0. The Kier molecular flexibility index (Phi) is 5.38. The van der Waals surface area contributed by atoms with Crippen LogP contribution in [0.2, 0.25) is 15.1 Å². The summed E-state index contributed by atoms with van der Waals surface area (Å²) >= 11 is 19.0. The molecule has 0 atom stereocenters. The molecule has 4 aromatic rings. The van der Waals surface area contributed by atoms with E-state index in [1.54, 1.807) is 24.3 Å². The summed E-state index contributed by atoms with van der Waals surface area (Å²) in [6.07, 6.45) is 0. The second-order valence-corrected chi connectivity index (χ2v) is 9.17. The molecule has 152 valence electrons. The van der Waals surface area contributed by atoms with Crippen molar-refractivity contribution in [2.24, 2.45) is 5.14 Å². The van der Waals surface area contributed by atoms with Crippen molar-refractivity contribution in [3.8, 4) is 22.5 Å². The third-order valence-electron chi connectivity index (χ3n) is 4.54. The number of halogens is 3. The van der Waals surface area contributed by atoms with E-state index in [9.17, 15) is 13.2 Å². The maximum absolute atomic E-state index is 13.4. The fourth-order valence-corrected chi connectivity index (χ4v) is 4.36. The van der Waals surface area contributed by atoms with E-state index in [1.807, 2.05) is 0 Å². The average Bonchev–Trinajstić information content (AvgIpc) is 2.72. The van der Waals surface area contributed by atoms with Crippen LogP contribution in [0.5, 0.6) is 0 Å². The Morgan fingerprint density at radius 2 is 1.43 bits per heavy atom. The molecule has 0 spiro atoms. The highest BCUT2D eigenvalue weighted by Gasteiger charge is 2.23. The first-order valence-electron chi connectivity index (χ1n) is 8.51. The van der Waals surface area contributed by atoms with Crippen molar-refractivity contribution in [2.45, 2.75) is 4.90 Å². The molecule has 0 saturated carbocycles. The molecule has 0 aliphatic heterocycles. The molecule has 1 aromatic heterocycles. The molecule has 0 fully saturated rings. The number of sulfonamides is 1. The molecular weight excluding hydrogens is 469 g/mol. The minimum Gasteiger partial charge on any atom is -0.455 e. The van der Waals surface area contributed by atoms with Crippen LogP contribution in [0.25, 0.3) is 33.4 Å². The Bertz CT molecular complexity index is 1460. The maximum atomic E-state index is 13.4. The summed E-state index contributed by atoms with van der Waals surface area (Å²) in [5.74, 6) is 0.172. The lowest BCUT2D eigenvalue weighted by molar-refractivity contribution is 0.597. The predicted molar refractivity (Wildman–Crippen MR) is 120 cm³/mol. The van der Waals surface area contributed by atoms with Gasteiger partial charge < -0.3 is 4.42 Å². The van der Waals surface area contributed by atoms with Gasteiger partial charge in [-0.2, -0.15) is 0 Å². The van der Waals surface area contributed by atoms with Gasteiger partial charge in [-0.3, -0.25) is 4.79 Å². The second kappa shape index (κ2) is 7.72. The molecule has 9 heteroatoms. The van der Waals surface area contributed by atoms with E-state index < -0.39 is 10.0 Å². The van der Waals surface area contributed by atoms with Gasteiger partial charge in [0.2, 0.25) is 15.5 Å². The van der Waals surface area contributed by atoms with Crippen LogP contribution in [0, 0.1) is 0 Å². The summed E-state index contributed by atoms with van der Waals surface area (Å²) in [5, 5.41) is 6.05. The molecule has 0 bridgehead atoms. The Balaban J connectivity index is 2.11. The van der Waals surface area contributed by atoms with Gasteiger partial charge in [0.25, 0.3) is 0 Å².